The first-order valence-corrected chi connectivity index (χ1v) is 8.17. The van der Waals surface area contributed by atoms with Gasteiger partial charge < -0.3 is 10.6 Å². The number of anilines is 2. The number of nitrogens with zero attached hydrogens (tertiary/aromatic N) is 1. The summed E-state index contributed by atoms with van der Waals surface area (Å²) in [5.41, 5.74) is 2.34. The second-order valence-electron chi connectivity index (χ2n) is 5.14. The Morgan fingerprint density at radius 1 is 1.00 bits per heavy atom. The molecule has 2 aromatic carbocycles. The van der Waals surface area contributed by atoms with E-state index < -0.39 is 0 Å². The van der Waals surface area contributed by atoms with Crippen molar-refractivity contribution in [3.05, 3.63) is 58.6 Å². The number of halogens is 1. The van der Waals surface area contributed by atoms with Crippen molar-refractivity contribution in [3.8, 4) is 6.07 Å². The van der Waals surface area contributed by atoms with Gasteiger partial charge in [0.25, 0.3) is 0 Å². The Labute approximate surface area is 148 Å². The fraction of sp³-hybridized carbons (Fsp3) is 0.167. The Hall–Kier alpha value is -2.65. The Morgan fingerprint density at radius 2 is 1.62 bits per heavy atom. The molecule has 0 bridgehead atoms. The van der Waals surface area contributed by atoms with Crippen molar-refractivity contribution in [3.63, 3.8) is 0 Å². The molecule has 0 aliphatic heterocycles. The normalized spacial score (nSPS) is 9.83. The Bertz CT molecular complexity index is 767. The van der Waals surface area contributed by atoms with Crippen molar-refractivity contribution in [2.75, 3.05) is 10.6 Å². The molecule has 0 radical (unpaired) electrons. The first kappa shape index (κ1) is 17.7. The average molecular weight is 386 g/mol. The SMILES string of the molecule is N#CCC(=O)Nc1ccc(NC(=O)CCc2cccc(Br)c2)cc1. The van der Waals surface area contributed by atoms with E-state index >= 15 is 0 Å². The maximum atomic E-state index is 12.0. The standard InChI is InChI=1S/C18H16BrN3O2/c19-14-3-1-2-13(12-14)4-9-17(23)21-15-5-7-16(8-6-15)22-18(24)10-11-20/h1-3,5-8,12H,4,9-10H2,(H,21,23)(H,22,24). The van der Waals surface area contributed by atoms with Gasteiger partial charge in [0.15, 0.2) is 0 Å². The minimum atomic E-state index is -0.358. The highest BCUT2D eigenvalue weighted by atomic mass is 79.9. The first-order valence-electron chi connectivity index (χ1n) is 7.38. The number of nitrogens with one attached hydrogen (secondary N) is 2. The molecule has 0 aliphatic rings. The molecule has 0 spiro atoms. The maximum Gasteiger partial charge on any atom is 0.238 e. The molecule has 2 amide bonds. The van der Waals surface area contributed by atoms with Gasteiger partial charge >= 0.3 is 0 Å². The highest BCUT2D eigenvalue weighted by Crippen LogP contribution is 2.16. The molecule has 122 valence electrons. The molecule has 0 fully saturated rings. The third-order valence-electron chi connectivity index (χ3n) is 3.22. The van der Waals surface area contributed by atoms with E-state index in [0.29, 0.717) is 24.2 Å². The van der Waals surface area contributed by atoms with E-state index in [0.717, 1.165) is 10.0 Å². The van der Waals surface area contributed by atoms with Crippen molar-refractivity contribution >= 4 is 39.1 Å². The third kappa shape index (κ3) is 5.86. The largest absolute Gasteiger partial charge is 0.326 e. The number of amides is 2. The highest BCUT2D eigenvalue weighted by molar-refractivity contribution is 9.10. The van der Waals surface area contributed by atoms with Gasteiger partial charge in [-0.15, -0.1) is 0 Å². The summed E-state index contributed by atoms with van der Waals surface area (Å²) in [4.78, 5) is 23.3. The number of carbonyl (C=O) groups excluding carboxylic acids is 2. The second-order valence-corrected chi connectivity index (χ2v) is 6.05. The van der Waals surface area contributed by atoms with Crippen LogP contribution in [0.3, 0.4) is 0 Å². The summed E-state index contributed by atoms with van der Waals surface area (Å²) in [6.07, 6.45) is 0.860. The zero-order valence-corrected chi connectivity index (χ0v) is 14.5. The van der Waals surface area contributed by atoms with E-state index in [-0.39, 0.29) is 18.2 Å². The number of carbonyl (C=O) groups is 2. The molecule has 0 unspecified atom stereocenters. The van der Waals surface area contributed by atoms with Crippen molar-refractivity contribution in [1.82, 2.24) is 0 Å². The van der Waals surface area contributed by atoms with Gasteiger partial charge in [-0.25, -0.2) is 0 Å². The fourth-order valence-electron chi connectivity index (χ4n) is 2.09. The Morgan fingerprint density at radius 3 is 2.21 bits per heavy atom. The zero-order chi connectivity index (χ0) is 17.4. The molecule has 2 aromatic rings. The summed E-state index contributed by atoms with van der Waals surface area (Å²) in [7, 11) is 0. The topological polar surface area (TPSA) is 82.0 Å². The smallest absolute Gasteiger partial charge is 0.238 e. The number of hydrogen-bond donors (Lipinski definition) is 2. The van der Waals surface area contributed by atoms with Crippen LogP contribution in [0.5, 0.6) is 0 Å². The van der Waals surface area contributed by atoms with E-state index in [4.69, 9.17) is 5.26 Å². The molecule has 24 heavy (non-hydrogen) atoms. The van der Waals surface area contributed by atoms with E-state index in [2.05, 4.69) is 26.6 Å². The fourth-order valence-corrected chi connectivity index (χ4v) is 2.53. The summed E-state index contributed by atoms with van der Waals surface area (Å²) in [5.74, 6) is -0.431. The Balaban J connectivity index is 1.83. The Kier molecular flexibility index (Phi) is 6.52. The molecule has 0 saturated heterocycles. The van der Waals surface area contributed by atoms with Crippen LogP contribution in [0, 0.1) is 11.3 Å². The van der Waals surface area contributed by atoms with Crippen molar-refractivity contribution in [2.45, 2.75) is 19.3 Å². The lowest BCUT2D eigenvalue weighted by Crippen LogP contribution is -2.13. The second kappa shape index (κ2) is 8.85. The summed E-state index contributed by atoms with van der Waals surface area (Å²) >= 11 is 3.41. The molecule has 0 aromatic heterocycles. The van der Waals surface area contributed by atoms with Gasteiger partial charge in [-0.05, 0) is 48.4 Å². The van der Waals surface area contributed by atoms with Crippen LogP contribution in [0.15, 0.2) is 53.0 Å². The molecular weight excluding hydrogens is 370 g/mol. The third-order valence-corrected chi connectivity index (χ3v) is 3.72. The van der Waals surface area contributed by atoms with Crippen LogP contribution >= 0.6 is 15.9 Å². The van der Waals surface area contributed by atoms with Gasteiger partial charge in [0, 0.05) is 22.3 Å². The van der Waals surface area contributed by atoms with Gasteiger partial charge in [0.1, 0.15) is 6.42 Å². The number of aryl methyl sites for hydroxylation is 1. The highest BCUT2D eigenvalue weighted by Gasteiger charge is 2.05. The van der Waals surface area contributed by atoms with Crippen LogP contribution in [-0.4, -0.2) is 11.8 Å². The summed E-state index contributed by atoms with van der Waals surface area (Å²) in [6.45, 7) is 0. The molecule has 2 rings (SSSR count). The van der Waals surface area contributed by atoms with Gasteiger partial charge in [-0.3, -0.25) is 9.59 Å². The van der Waals surface area contributed by atoms with Crippen LogP contribution in [0.25, 0.3) is 0 Å². The maximum absolute atomic E-state index is 12.0. The summed E-state index contributed by atoms with van der Waals surface area (Å²) in [6, 6.07) is 16.4. The monoisotopic (exact) mass is 385 g/mol. The lowest BCUT2D eigenvalue weighted by Gasteiger charge is -2.07. The molecule has 0 heterocycles. The average Bonchev–Trinajstić information content (AvgIpc) is 2.55. The molecule has 5 nitrogen and oxygen atoms in total. The van der Waals surface area contributed by atoms with Crippen molar-refractivity contribution in [2.24, 2.45) is 0 Å². The molecule has 0 atom stereocenters. The van der Waals surface area contributed by atoms with Crippen LogP contribution in [-0.2, 0) is 16.0 Å². The lowest BCUT2D eigenvalue weighted by atomic mass is 10.1. The minimum Gasteiger partial charge on any atom is -0.326 e. The van der Waals surface area contributed by atoms with E-state index in [1.165, 1.54) is 0 Å². The number of benzene rings is 2. The van der Waals surface area contributed by atoms with Crippen LogP contribution in [0.1, 0.15) is 18.4 Å². The molecule has 2 N–H and O–H groups in total. The van der Waals surface area contributed by atoms with Crippen molar-refractivity contribution < 1.29 is 9.59 Å². The van der Waals surface area contributed by atoms with Gasteiger partial charge in [0.05, 0.1) is 6.07 Å². The van der Waals surface area contributed by atoms with Crippen LogP contribution in [0.2, 0.25) is 0 Å². The van der Waals surface area contributed by atoms with Gasteiger partial charge in [-0.2, -0.15) is 5.26 Å². The summed E-state index contributed by atoms with van der Waals surface area (Å²) in [5, 5.41) is 13.9. The predicted molar refractivity (Wildman–Crippen MR) is 96.4 cm³/mol. The lowest BCUT2D eigenvalue weighted by molar-refractivity contribution is -0.116. The number of nitriles is 1. The van der Waals surface area contributed by atoms with E-state index in [1.54, 1.807) is 30.3 Å². The van der Waals surface area contributed by atoms with E-state index in [1.807, 2.05) is 24.3 Å². The number of hydrogen-bond acceptors (Lipinski definition) is 3. The quantitative estimate of drug-likeness (QED) is 0.791. The molecule has 0 aliphatic carbocycles. The van der Waals surface area contributed by atoms with Crippen molar-refractivity contribution in [1.29, 1.82) is 5.26 Å². The van der Waals surface area contributed by atoms with Gasteiger partial charge in [0.2, 0.25) is 11.8 Å². The minimum absolute atomic E-state index is 0.0729. The molecule has 6 heteroatoms. The van der Waals surface area contributed by atoms with Crippen LogP contribution in [0.4, 0.5) is 11.4 Å². The zero-order valence-electron chi connectivity index (χ0n) is 12.9. The summed E-state index contributed by atoms with van der Waals surface area (Å²) < 4.78 is 0.995. The van der Waals surface area contributed by atoms with E-state index in [9.17, 15) is 9.59 Å². The van der Waals surface area contributed by atoms with Gasteiger partial charge in [-0.1, -0.05) is 28.1 Å². The molecular formula is C18H16BrN3O2. The predicted octanol–water partition coefficient (Wildman–Crippen LogP) is 3.87. The van der Waals surface area contributed by atoms with Crippen LogP contribution < -0.4 is 10.6 Å². The molecule has 0 saturated carbocycles. The number of rotatable bonds is 6. The first-order chi connectivity index (χ1) is 11.6.